The van der Waals surface area contributed by atoms with Crippen LogP contribution >= 0.6 is 11.6 Å². The number of halogens is 1. The molecule has 0 aliphatic rings. The highest BCUT2D eigenvalue weighted by molar-refractivity contribution is 6.31. The number of anilines is 2. The zero-order valence-corrected chi connectivity index (χ0v) is 14.4. The van der Waals surface area contributed by atoms with E-state index in [-0.39, 0.29) is 11.9 Å². The van der Waals surface area contributed by atoms with E-state index in [1.54, 1.807) is 36.4 Å². The average molecular weight is 346 g/mol. The number of aryl methyl sites for hydroxylation is 1. The van der Waals surface area contributed by atoms with Gasteiger partial charge in [-0.15, -0.1) is 0 Å². The molecule has 0 unspecified atom stereocenters. The van der Waals surface area contributed by atoms with Crippen LogP contribution in [0.1, 0.15) is 29.3 Å². The average Bonchev–Trinajstić information content (AvgIpc) is 2.56. The molecule has 0 saturated heterocycles. The molecule has 126 valence electrons. The first-order valence-corrected chi connectivity index (χ1v) is 8.10. The Morgan fingerprint density at radius 1 is 1.00 bits per heavy atom. The second-order valence-corrected chi connectivity index (χ2v) is 5.78. The van der Waals surface area contributed by atoms with E-state index in [0.717, 1.165) is 12.0 Å². The highest BCUT2D eigenvalue weighted by Gasteiger charge is 2.07. The smallest absolute Gasteiger partial charge is 0.323 e. The summed E-state index contributed by atoms with van der Waals surface area (Å²) in [5.41, 5.74) is 2.70. The molecule has 0 spiro atoms. The number of urea groups is 1. The van der Waals surface area contributed by atoms with Gasteiger partial charge in [-0.2, -0.15) is 0 Å². The van der Waals surface area contributed by atoms with Crippen LogP contribution in [0.4, 0.5) is 16.2 Å². The van der Waals surface area contributed by atoms with Gasteiger partial charge in [0.05, 0.1) is 0 Å². The highest BCUT2D eigenvalue weighted by atomic mass is 35.5. The van der Waals surface area contributed by atoms with E-state index < -0.39 is 0 Å². The Morgan fingerprint density at radius 2 is 1.62 bits per heavy atom. The molecule has 0 heterocycles. The molecule has 0 saturated carbocycles. The van der Waals surface area contributed by atoms with Gasteiger partial charge in [-0.25, -0.2) is 4.79 Å². The number of carbonyl (C=O) groups is 2. The molecule has 2 rings (SSSR count). The Kier molecular flexibility index (Phi) is 6.21. The minimum Gasteiger partial charge on any atom is -0.352 e. The third kappa shape index (κ3) is 4.99. The second-order valence-electron chi connectivity index (χ2n) is 5.38. The third-order valence-electron chi connectivity index (χ3n) is 3.37. The van der Waals surface area contributed by atoms with Crippen molar-refractivity contribution in [2.45, 2.75) is 20.3 Å². The van der Waals surface area contributed by atoms with E-state index in [1.165, 1.54) is 0 Å². The van der Waals surface area contributed by atoms with Crippen molar-refractivity contribution in [3.63, 3.8) is 0 Å². The summed E-state index contributed by atoms with van der Waals surface area (Å²) in [5, 5.41) is 8.81. The minimum absolute atomic E-state index is 0.123. The van der Waals surface area contributed by atoms with Crippen LogP contribution < -0.4 is 16.0 Å². The van der Waals surface area contributed by atoms with Gasteiger partial charge in [0.25, 0.3) is 5.91 Å². The summed E-state index contributed by atoms with van der Waals surface area (Å²) < 4.78 is 0. The van der Waals surface area contributed by atoms with Crippen molar-refractivity contribution in [1.29, 1.82) is 0 Å². The number of amides is 3. The maximum atomic E-state index is 12.0. The molecule has 5 nitrogen and oxygen atoms in total. The summed E-state index contributed by atoms with van der Waals surface area (Å²) in [4.78, 5) is 23.8. The van der Waals surface area contributed by atoms with E-state index >= 15 is 0 Å². The van der Waals surface area contributed by atoms with E-state index in [9.17, 15) is 9.59 Å². The number of carbonyl (C=O) groups excluding carboxylic acids is 2. The Labute approximate surface area is 146 Å². The van der Waals surface area contributed by atoms with Crippen LogP contribution in [0, 0.1) is 6.92 Å². The van der Waals surface area contributed by atoms with Crippen LogP contribution in [0.15, 0.2) is 42.5 Å². The fourth-order valence-corrected chi connectivity index (χ4v) is 2.19. The van der Waals surface area contributed by atoms with Crippen LogP contribution in [-0.2, 0) is 0 Å². The molecule has 3 N–H and O–H groups in total. The van der Waals surface area contributed by atoms with Gasteiger partial charge in [0, 0.05) is 28.5 Å². The van der Waals surface area contributed by atoms with Crippen LogP contribution in [0.5, 0.6) is 0 Å². The normalized spacial score (nSPS) is 10.1. The van der Waals surface area contributed by atoms with Gasteiger partial charge >= 0.3 is 6.03 Å². The van der Waals surface area contributed by atoms with Gasteiger partial charge in [-0.1, -0.05) is 24.6 Å². The summed E-state index contributed by atoms with van der Waals surface area (Å²) in [6, 6.07) is 11.6. The number of hydrogen-bond donors (Lipinski definition) is 3. The molecule has 0 aromatic heterocycles. The monoisotopic (exact) mass is 345 g/mol. The largest absolute Gasteiger partial charge is 0.352 e. The molecule has 0 aliphatic heterocycles. The fourth-order valence-electron chi connectivity index (χ4n) is 2.01. The molecular weight excluding hydrogens is 326 g/mol. The summed E-state index contributed by atoms with van der Waals surface area (Å²) in [7, 11) is 0. The lowest BCUT2D eigenvalue weighted by Crippen LogP contribution is -2.24. The Balaban J connectivity index is 1.94. The summed E-state index contributed by atoms with van der Waals surface area (Å²) in [6.45, 7) is 4.53. The van der Waals surface area contributed by atoms with Gasteiger partial charge in [0.15, 0.2) is 0 Å². The predicted octanol–water partition coefficient (Wildman–Crippen LogP) is 4.43. The Bertz CT molecular complexity index is 730. The highest BCUT2D eigenvalue weighted by Crippen LogP contribution is 2.20. The van der Waals surface area contributed by atoms with Crippen LogP contribution in [-0.4, -0.2) is 18.5 Å². The third-order valence-corrected chi connectivity index (χ3v) is 3.78. The predicted molar refractivity (Wildman–Crippen MR) is 97.9 cm³/mol. The number of rotatable bonds is 5. The van der Waals surface area contributed by atoms with Crippen LogP contribution in [0.2, 0.25) is 5.02 Å². The maximum absolute atomic E-state index is 12.0. The quantitative estimate of drug-likeness (QED) is 0.750. The van der Waals surface area contributed by atoms with E-state index in [0.29, 0.717) is 28.5 Å². The van der Waals surface area contributed by atoms with Crippen molar-refractivity contribution in [1.82, 2.24) is 5.32 Å². The zero-order valence-electron chi connectivity index (χ0n) is 13.7. The lowest BCUT2D eigenvalue weighted by atomic mass is 10.2. The molecule has 2 aromatic rings. The first-order chi connectivity index (χ1) is 11.5. The molecular formula is C18H20ClN3O2. The standard InChI is InChI=1S/C18H20ClN3O2/c1-3-10-20-17(23)13-5-8-14(9-6-13)21-18(24)22-15-7-4-12(2)16(19)11-15/h4-9,11H,3,10H2,1-2H3,(H,20,23)(H2,21,22,24). The summed E-state index contributed by atoms with van der Waals surface area (Å²) >= 11 is 6.03. The molecule has 0 bridgehead atoms. The molecule has 0 atom stereocenters. The summed E-state index contributed by atoms with van der Waals surface area (Å²) in [6.07, 6.45) is 0.884. The Hall–Kier alpha value is -2.53. The molecule has 0 fully saturated rings. The molecule has 0 radical (unpaired) electrons. The minimum atomic E-state index is -0.377. The second kappa shape index (κ2) is 8.36. The molecule has 0 aliphatic carbocycles. The van der Waals surface area contributed by atoms with Crippen molar-refractivity contribution < 1.29 is 9.59 Å². The van der Waals surface area contributed by atoms with Crippen molar-refractivity contribution in [2.75, 3.05) is 17.2 Å². The first kappa shape index (κ1) is 17.8. The van der Waals surface area contributed by atoms with Crippen molar-refractivity contribution in [3.05, 3.63) is 58.6 Å². The lowest BCUT2D eigenvalue weighted by Gasteiger charge is -2.09. The number of nitrogens with one attached hydrogen (secondary N) is 3. The van der Waals surface area contributed by atoms with E-state index in [2.05, 4.69) is 16.0 Å². The molecule has 6 heteroatoms. The van der Waals surface area contributed by atoms with Crippen molar-refractivity contribution in [2.24, 2.45) is 0 Å². The van der Waals surface area contributed by atoms with Gasteiger partial charge in [0.2, 0.25) is 0 Å². The molecule has 3 amide bonds. The number of benzene rings is 2. The maximum Gasteiger partial charge on any atom is 0.323 e. The van der Waals surface area contributed by atoms with Gasteiger partial charge in [-0.3, -0.25) is 4.79 Å². The summed E-state index contributed by atoms with van der Waals surface area (Å²) in [5.74, 6) is -0.123. The SMILES string of the molecule is CCCNC(=O)c1ccc(NC(=O)Nc2ccc(C)c(Cl)c2)cc1. The molecule has 24 heavy (non-hydrogen) atoms. The zero-order chi connectivity index (χ0) is 17.5. The number of hydrogen-bond acceptors (Lipinski definition) is 2. The van der Waals surface area contributed by atoms with Crippen LogP contribution in [0.3, 0.4) is 0 Å². The van der Waals surface area contributed by atoms with Gasteiger partial charge in [0.1, 0.15) is 0 Å². The van der Waals surface area contributed by atoms with E-state index in [4.69, 9.17) is 11.6 Å². The molecule has 2 aromatic carbocycles. The first-order valence-electron chi connectivity index (χ1n) is 7.72. The van der Waals surface area contributed by atoms with Crippen molar-refractivity contribution >= 4 is 34.9 Å². The van der Waals surface area contributed by atoms with Gasteiger partial charge < -0.3 is 16.0 Å². The van der Waals surface area contributed by atoms with Gasteiger partial charge in [-0.05, 0) is 55.3 Å². The van der Waals surface area contributed by atoms with Crippen LogP contribution in [0.25, 0.3) is 0 Å². The topological polar surface area (TPSA) is 70.2 Å². The van der Waals surface area contributed by atoms with Crippen molar-refractivity contribution in [3.8, 4) is 0 Å². The Morgan fingerprint density at radius 3 is 2.25 bits per heavy atom. The van der Waals surface area contributed by atoms with E-state index in [1.807, 2.05) is 19.9 Å². The fraction of sp³-hybridized carbons (Fsp3) is 0.222. The lowest BCUT2D eigenvalue weighted by molar-refractivity contribution is 0.0953.